The van der Waals surface area contributed by atoms with Gasteiger partial charge in [0.15, 0.2) is 0 Å². The zero-order chi connectivity index (χ0) is 15.3. The maximum atomic E-state index is 11.8. The van der Waals surface area contributed by atoms with Gasteiger partial charge in [0.05, 0.1) is 12.0 Å². The van der Waals surface area contributed by atoms with Crippen LogP contribution >= 0.6 is 11.6 Å². The molecule has 0 aliphatic heterocycles. The van der Waals surface area contributed by atoms with Gasteiger partial charge in [-0.05, 0) is 38.5 Å². The third-order valence-corrected chi connectivity index (χ3v) is 3.47. The zero-order valence-corrected chi connectivity index (χ0v) is 12.4. The van der Waals surface area contributed by atoms with Gasteiger partial charge in [0.25, 0.3) is 0 Å². The van der Waals surface area contributed by atoms with E-state index in [0.717, 1.165) is 5.56 Å². The molecule has 1 rings (SSSR count). The molecule has 20 heavy (non-hydrogen) atoms. The molecule has 0 aliphatic carbocycles. The van der Waals surface area contributed by atoms with E-state index in [1.807, 2.05) is 19.1 Å². The average Bonchev–Trinajstić information content (AvgIpc) is 2.37. The normalized spacial score (nSPS) is 15.0. The number of urea groups is 1. The molecule has 1 aromatic carbocycles. The molecule has 5 nitrogen and oxygen atoms in total. The fourth-order valence-electron chi connectivity index (χ4n) is 1.62. The van der Waals surface area contributed by atoms with Crippen molar-refractivity contribution < 1.29 is 14.7 Å². The van der Waals surface area contributed by atoms with Crippen LogP contribution in [0.1, 0.15) is 32.4 Å². The second kappa shape index (κ2) is 7.14. The predicted molar refractivity (Wildman–Crippen MR) is 77.8 cm³/mol. The molecule has 6 heteroatoms. The third kappa shape index (κ3) is 4.74. The summed E-state index contributed by atoms with van der Waals surface area (Å²) in [5, 5.41) is 14.9. The molecular formula is C14H19ClN2O3. The van der Waals surface area contributed by atoms with Crippen molar-refractivity contribution in [1.82, 2.24) is 10.6 Å². The minimum absolute atomic E-state index is 0.195. The Kier molecular flexibility index (Phi) is 5.82. The van der Waals surface area contributed by atoms with E-state index in [4.69, 9.17) is 16.7 Å². The van der Waals surface area contributed by atoms with Crippen molar-refractivity contribution in [3.8, 4) is 0 Å². The van der Waals surface area contributed by atoms with Crippen LogP contribution in [0.5, 0.6) is 0 Å². The SMILES string of the molecule is CC(NC(=O)NC(C)C(C)C(=O)O)c1ccc(Cl)cc1. The largest absolute Gasteiger partial charge is 0.481 e. The van der Waals surface area contributed by atoms with E-state index in [1.54, 1.807) is 26.0 Å². The van der Waals surface area contributed by atoms with Gasteiger partial charge in [-0.1, -0.05) is 23.7 Å². The molecule has 0 aliphatic rings. The van der Waals surface area contributed by atoms with E-state index >= 15 is 0 Å². The molecule has 1 aromatic rings. The van der Waals surface area contributed by atoms with Gasteiger partial charge in [0.2, 0.25) is 0 Å². The number of carboxylic acid groups (broad SMARTS) is 1. The number of carboxylic acids is 1. The Hall–Kier alpha value is -1.75. The lowest BCUT2D eigenvalue weighted by Gasteiger charge is -2.20. The van der Waals surface area contributed by atoms with Crippen molar-refractivity contribution in [2.24, 2.45) is 5.92 Å². The van der Waals surface area contributed by atoms with Crippen LogP contribution in [-0.2, 0) is 4.79 Å². The first-order valence-electron chi connectivity index (χ1n) is 6.36. The Labute approximate surface area is 123 Å². The Morgan fingerprint density at radius 3 is 2.15 bits per heavy atom. The molecular weight excluding hydrogens is 280 g/mol. The number of carbonyl (C=O) groups is 2. The van der Waals surface area contributed by atoms with Gasteiger partial charge >= 0.3 is 12.0 Å². The van der Waals surface area contributed by atoms with Gasteiger partial charge < -0.3 is 15.7 Å². The van der Waals surface area contributed by atoms with E-state index in [2.05, 4.69) is 10.6 Å². The molecule has 3 N–H and O–H groups in total. The van der Waals surface area contributed by atoms with E-state index in [-0.39, 0.29) is 6.04 Å². The van der Waals surface area contributed by atoms with Crippen molar-refractivity contribution in [2.45, 2.75) is 32.9 Å². The third-order valence-electron chi connectivity index (χ3n) is 3.22. The van der Waals surface area contributed by atoms with Crippen LogP contribution in [0.15, 0.2) is 24.3 Å². The Morgan fingerprint density at radius 2 is 1.65 bits per heavy atom. The lowest BCUT2D eigenvalue weighted by molar-refractivity contribution is -0.141. The molecule has 3 unspecified atom stereocenters. The summed E-state index contributed by atoms with van der Waals surface area (Å²) >= 11 is 5.80. The van der Waals surface area contributed by atoms with E-state index < -0.39 is 24.0 Å². The highest BCUT2D eigenvalue weighted by Crippen LogP contribution is 2.15. The minimum Gasteiger partial charge on any atom is -0.481 e. The molecule has 2 amide bonds. The number of carbonyl (C=O) groups excluding carboxylic acids is 1. The van der Waals surface area contributed by atoms with E-state index in [9.17, 15) is 9.59 Å². The topological polar surface area (TPSA) is 78.4 Å². The molecule has 0 saturated heterocycles. The maximum absolute atomic E-state index is 11.8. The Bertz CT molecular complexity index is 476. The first-order chi connectivity index (χ1) is 9.31. The summed E-state index contributed by atoms with van der Waals surface area (Å²) in [5.74, 6) is -1.59. The van der Waals surface area contributed by atoms with Crippen LogP contribution < -0.4 is 10.6 Å². The highest BCUT2D eigenvalue weighted by atomic mass is 35.5. The molecule has 3 atom stereocenters. The van der Waals surface area contributed by atoms with E-state index in [0.29, 0.717) is 5.02 Å². The van der Waals surface area contributed by atoms with Crippen molar-refractivity contribution in [3.63, 3.8) is 0 Å². The van der Waals surface area contributed by atoms with Crippen LogP contribution in [0.3, 0.4) is 0 Å². The van der Waals surface area contributed by atoms with Gasteiger partial charge in [-0.15, -0.1) is 0 Å². The van der Waals surface area contributed by atoms with Crippen molar-refractivity contribution >= 4 is 23.6 Å². The molecule has 110 valence electrons. The fraction of sp³-hybridized carbons (Fsp3) is 0.429. The molecule has 0 bridgehead atoms. The van der Waals surface area contributed by atoms with Crippen LogP contribution in [-0.4, -0.2) is 23.1 Å². The van der Waals surface area contributed by atoms with Crippen LogP contribution in [0.25, 0.3) is 0 Å². The Morgan fingerprint density at radius 1 is 1.10 bits per heavy atom. The number of amides is 2. The Balaban J connectivity index is 2.53. The molecule has 0 heterocycles. The molecule has 0 radical (unpaired) electrons. The smallest absolute Gasteiger partial charge is 0.315 e. The van der Waals surface area contributed by atoms with E-state index in [1.165, 1.54) is 0 Å². The summed E-state index contributed by atoms with van der Waals surface area (Å²) < 4.78 is 0. The highest BCUT2D eigenvalue weighted by Gasteiger charge is 2.21. The van der Waals surface area contributed by atoms with Crippen molar-refractivity contribution in [1.29, 1.82) is 0 Å². The number of hydrogen-bond acceptors (Lipinski definition) is 2. The first-order valence-corrected chi connectivity index (χ1v) is 6.74. The molecule has 0 spiro atoms. The highest BCUT2D eigenvalue weighted by molar-refractivity contribution is 6.30. The number of aliphatic carboxylic acids is 1. The number of rotatable bonds is 5. The summed E-state index contributed by atoms with van der Waals surface area (Å²) in [7, 11) is 0. The monoisotopic (exact) mass is 298 g/mol. The summed E-state index contributed by atoms with van der Waals surface area (Å²) in [6, 6.07) is 6.12. The van der Waals surface area contributed by atoms with Gasteiger partial charge in [0.1, 0.15) is 0 Å². The predicted octanol–water partition coefficient (Wildman–Crippen LogP) is 2.81. The van der Waals surface area contributed by atoms with Gasteiger partial charge in [-0.25, -0.2) is 4.79 Å². The molecule has 0 saturated carbocycles. The number of nitrogens with one attached hydrogen (secondary N) is 2. The summed E-state index contributed by atoms with van der Waals surface area (Å²) in [6.07, 6.45) is 0. The molecule has 0 aromatic heterocycles. The standard InChI is InChI=1S/C14H19ClN2O3/c1-8(13(18)19)9(2)16-14(20)17-10(3)11-4-6-12(15)7-5-11/h4-10H,1-3H3,(H,18,19)(H2,16,17,20). The van der Waals surface area contributed by atoms with Crippen LogP contribution in [0, 0.1) is 5.92 Å². The summed E-state index contributed by atoms with van der Waals surface area (Å²) in [5.41, 5.74) is 0.920. The summed E-state index contributed by atoms with van der Waals surface area (Å²) in [6.45, 7) is 5.05. The van der Waals surface area contributed by atoms with Crippen molar-refractivity contribution in [3.05, 3.63) is 34.9 Å². The average molecular weight is 299 g/mol. The maximum Gasteiger partial charge on any atom is 0.315 e. The second-order valence-electron chi connectivity index (χ2n) is 4.81. The van der Waals surface area contributed by atoms with Crippen LogP contribution in [0.2, 0.25) is 5.02 Å². The molecule has 0 fully saturated rings. The quantitative estimate of drug-likeness (QED) is 0.782. The van der Waals surface area contributed by atoms with Crippen LogP contribution in [0.4, 0.5) is 4.79 Å². The summed E-state index contributed by atoms with van der Waals surface area (Å²) in [4.78, 5) is 22.6. The van der Waals surface area contributed by atoms with Gasteiger partial charge in [-0.3, -0.25) is 4.79 Å². The number of benzene rings is 1. The van der Waals surface area contributed by atoms with Gasteiger partial charge in [0, 0.05) is 11.1 Å². The number of hydrogen-bond donors (Lipinski definition) is 3. The van der Waals surface area contributed by atoms with Gasteiger partial charge in [-0.2, -0.15) is 0 Å². The minimum atomic E-state index is -0.941. The first kappa shape index (κ1) is 16.3. The lowest BCUT2D eigenvalue weighted by Crippen LogP contribution is -2.45. The van der Waals surface area contributed by atoms with Crippen molar-refractivity contribution in [2.75, 3.05) is 0 Å². The second-order valence-corrected chi connectivity index (χ2v) is 5.24. The fourth-order valence-corrected chi connectivity index (χ4v) is 1.74. The lowest BCUT2D eigenvalue weighted by atomic mass is 10.0. The number of halogens is 1. The zero-order valence-electron chi connectivity index (χ0n) is 11.7.